The van der Waals surface area contributed by atoms with Crippen LogP contribution in [0.25, 0.3) is 0 Å². The first-order chi connectivity index (χ1) is 9.33. The Morgan fingerprint density at radius 1 is 1.25 bits per heavy atom. The zero-order valence-corrected chi connectivity index (χ0v) is 13.1. The highest BCUT2D eigenvalue weighted by Crippen LogP contribution is 2.18. The molecule has 0 saturated carbocycles. The van der Waals surface area contributed by atoms with Crippen LogP contribution in [0, 0.1) is 0 Å². The van der Waals surface area contributed by atoms with Crippen LogP contribution in [0.4, 0.5) is 0 Å². The molecule has 0 aromatic rings. The molecule has 0 unspecified atom stereocenters. The quantitative estimate of drug-likeness (QED) is 0.462. The fourth-order valence-electron chi connectivity index (χ4n) is 2.04. The number of aldehydes is 1. The van der Waals surface area contributed by atoms with Gasteiger partial charge in [0, 0.05) is 20.0 Å². The van der Waals surface area contributed by atoms with Gasteiger partial charge >= 0.3 is 0 Å². The zero-order chi connectivity index (χ0) is 13.8. The predicted molar refractivity (Wildman–Crippen MR) is 89.4 cm³/mol. The number of unbranched alkanes of at least 4 members (excludes halogenated alkanes) is 4. The van der Waals surface area contributed by atoms with Crippen molar-refractivity contribution in [2.45, 2.75) is 57.8 Å². The lowest BCUT2D eigenvalue weighted by Gasteiger charge is -2.06. The molecule has 116 valence electrons. The third-order valence-electron chi connectivity index (χ3n) is 3.17. The Morgan fingerprint density at radius 2 is 2.05 bits per heavy atom. The molecule has 0 aromatic heterocycles. The third kappa shape index (κ3) is 9.98. The van der Waals surface area contributed by atoms with Gasteiger partial charge in [0.1, 0.15) is 6.29 Å². The average molecular weight is 299 g/mol. The lowest BCUT2D eigenvalue weighted by Crippen LogP contribution is -1.96. The number of hydrogen-bond donors (Lipinski definition) is 1. The molecule has 1 rings (SSSR count). The molecule has 1 aliphatic carbocycles. The number of allylic oxidation sites excluding steroid dienone is 4. The number of carbonyl (C=O) groups is 2. The van der Waals surface area contributed by atoms with E-state index in [1.807, 2.05) is 0 Å². The topological polar surface area (TPSA) is 69.1 Å². The van der Waals surface area contributed by atoms with Gasteiger partial charge in [0.15, 0.2) is 5.12 Å². The van der Waals surface area contributed by atoms with Crippen molar-refractivity contribution >= 4 is 23.2 Å². The molecule has 1 aliphatic rings. The van der Waals surface area contributed by atoms with Crippen LogP contribution in [-0.4, -0.2) is 17.2 Å². The minimum Gasteiger partial charge on any atom is -0.344 e. The maximum atomic E-state index is 11.7. The maximum absolute atomic E-state index is 11.7. The minimum absolute atomic E-state index is 0. The highest BCUT2D eigenvalue weighted by Gasteiger charge is 2.05. The van der Waals surface area contributed by atoms with Gasteiger partial charge in [-0.25, -0.2) is 0 Å². The maximum Gasteiger partial charge on any atom is 0.189 e. The van der Waals surface area contributed by atoms with Crippen molar-refractivity contribution in [1.29, 1.82) is 0 Å². The van der Waals surface area contributed by atoms with Crippen LogP contribution in [0.1, 0.15) is 59.2 Å². The lowest BCUT2D eigenvalue weighted by atomic mass is 10.0. The minimum atomic E-state index is 0. The van der Waals surface area contributed by atoms with Crippen molar-refractivity contribution in [2.24, 2.45) is 0 Å². The molecule has 0 heterocycles. The summed E-state index contributed by atoms with van der Waals surface area (Å²) in [4.78, 5) is 21.8. The van der Waals surface area contributed by atoms with Gasteiger partial charge in [-0.2, -0.15) is 0 Å². The van der Waals surface area contributed by atoms with Crippen LogP contribution >= 0.6 is 11.8 Å². The average Bonchev–Trinajstić information content (AvgIpc) is 2.45. The fraction of sp³-hybridized carbons (Fsp3) is 0.625. The Bertz CT molecular complexity index is 343. The van der Waals surface area contributed by atoms with Crippen LogP contribution in [0.3, 0.4) is 0 Å². The summed E-state index contributed by atoms with van der Waals surface area (Å²) in [6, 6.07) is 0. The monoisotopic (exact) mass is 299 g/mol. The second-order valence-corrected chi connectivity index (χ2v) is 6.00. The van der Waals surface area contributed by atoms with E-state index in [1.54, 1.807) is 0 Å². The Morgan fingerprint density at radius 3 is 2.75 bits per heavy atom. The Labute approximate surface area is 128 Å². The molecule has 3 nitrogen and oxygen atoms in total. The van der Waals surface area contributed by atoms with Gasteiger partial charge in [0.2, 0.25) is 0 Å². The molecule has 3 N–H and O–H groups in total. The molecular weight excluding hydrogens is 270 g/mol. The van der Waals surface area contributed by atoms with Crippen LogP contribution in [0.15, 0.2) is 23.8 Å². The molecule has 4 heteroatoms. The normalized spacial score (nSPS) is 13.5. The van der Waals surface area contributed by atoms with E-state index in [0.29, 0.717) is 18.0 Å². The molecular formula is C16H29NO2S. The van der Waals surface area contributed by atoms with E-state index in [2.05, 4.69) is 18.2 Å². The Kier molecular flexibility index (Phi) is 12.6. The third-order valence-corrected chi connectivity index (χ3v) is 4.19. The van der Waals surface area contributed by atoms with E-state index >= 15 is 0 Å². The summed E-state index contributed by atoms with van der Waals surface area (Å²) in [6.45, 7) is 0. The summed E-state index contributed by atoms with van der Waals surface area (Å²) >= 11 is 1.47. The summed E-state index contributed by atoms with van der Waals surface area (Å²) in [5, 5.41) is 0.313. The van der Waals surface area contributed by atoms with Crippen molar-refractivity contribution in [1.82, 2.24) is 6.15 Å². The number of thioether (sulfide) groups is 1. The summed E-state index contributed by atoms with van der Waals surface area (Å²) in [7, 11) is 0. The Hall–Kier alpha value is -0.870. The van der Waals surface area contributed by atoms with E-state index in [1.165, 1.54) is 17.3 Å². The second-order valence-electron chi connectivity index (χ2n) is 4.85. The molecule has 0 bridgehead atoms. The molecule has 0 atom stereocenters. The van der Waals surface area contributed by atoms with Crippen LogP contribution in [-0.2, 0) is 9.59 Å². The van der Waals surface area contributed by atoms with Crippen molar-refractivity contribution < 1.29 is 11.0 Å². The van der Waals surface area contributed by atoms with Crippen LogP contribution < -0.4 is 6.15 Å². The van der Waals surface area contributed by atoms with E-state index in [0.717, 1.165) is 57.0 Å². The highest BCUT2D eigenvalue weighted by molar-refractivity contribution is 8.13. The summed E-state index contributed by atoms with van der Waals surface area (Å²) in [5.74, 6) is 0.925. The summed E-state index contributed by atoms with van der Waals surface area (Å²) in [5.41, 5.74) is 1.31. The van der Waals surface area contributed by atoms with Crippen LogP contribution in [0.5, 0.6) is 0 Å². The lowest BCUT2D eigenvalue weighted by molar-refractivity contribution is -0.111. The molecule has 0 radical (unpaired) electrons. The van der Waals surface area contributed by atoms with Gasteiger partial charge in [-0.05, 0) is 32.1 Å². The second kappa shape index (κ2) is 13.1. The SMILES string of the molecule is N.O=CCCCCCCSC(=O)CCC1=CCCC=C1.[HH]. The summed E-state index contributed by atoms with van der Waals surface area (Å²) < 4.78 is 0. The van der Waals surface area contributed by atoms with Gasteiger partial charge in [-0.3, -0.25) is 4.79 Å². The van der Waals surface area contributed by atoms with E-state index in [9.17, 15) is 9.59 Å². The number of carbonyl (C=O) groups excluding carboxylic acids is 2. The molecule has 20 heavy (non-hydrogen) atoms. The Balaban J connectivity index is 0. The van der Waals surface area contributed by atoms with Crippen molar-refractivity contribution in [2.75, 3.05) is 5.75 Å². The first-order valence-corrected chi connectivity index (χ1v) is 8.26. The smallest absolute Gasteiger partial charge is 0.189 e. The number of rotatable bonds is 10. The molecule has 0 fully saturated rings. The molecule has 0 saturated heterocycles. The van der Waals surface area contributed by atoms with Gasteiger partial charge in [-0.1, -0.05) is 48.4 Å². The first-order valence-electron chi connectivity index (χ1n) is 7.28. The first kappa shape index (κ1) is 19.1. The molecule has 0 spiro atoms. The van der Waals surface area contributed by atoms with Gasteiger partial charge < -0.3 is 10.9 Å². The zero-order valence-electron chi connectivity index (χ0n) is 12.3. The van der Waals surface area contributed by atoms with Crippen LogP contribution in [0.2, 0.25) is 0 Å². The van der Waals surface area contributed by atoms with E-state index in [4.69, 9.17) is 0 Å². The summed E-state index contributed by atoms with van der Waals surface area (Å²) in [6.07, 6.45) is 16.3. The highest BCUT2D eigenvalue weighted by atomic mass is 32.2. The van der Waals surface area contributed by atoms with E-state index < -0.39 is 0 Å². The predicted octanol–water partition coefficient (Wildman–Crippen LogP) is 4.86. The van der Waals surface area contributed by atoms with Crippen molar-refractivity contribution in [3.05, 3.63) is 23.8 Å². The molecule has 0 aliphatic heterocycles. The molecule has 0 amide bonds. The fourth-order valence-corrected chi connectivity index (χ4v) is 2.86. The standard InChI is InChI=1S/C16H24O2S.H3N.H2/c17-13-7-2-1-3-8-14-19-16(18)12-11-15-9-5-4-6-10-15;;/h5,9-10,13H,1-4,6-8,11-12,14H2;1H3;1H. The van der Waals surface area contributed by atoms with Gasteiger partial charge in [0.05, 0.1) is 0 Å². The van der Waals surface area contributed by atoms with Crippen molar-refractivity contribution in [3.63, 3.8) is 0 Å². The molecule has 0 aromatic carbocycles. The van der Waals surface area contributed by atoms with Gasteiger partial charge in [0.25, 0.3) is 0 Å². The largest absolute Gasteiger partial charge is 0.344 e. The number of hydrogen-bond acceptors (Lipinski definition) is 4. The van der Waals surface area contributed by atoms with Gasteiger partial charge in [-0.15, -0.1) is 0 Å². The van der Waals surface area contributed by atoms with E-state index in [-0.39, 0.29) is 7.58 Å². The van der Waals surface area contributed by atoms with Crippen molar-refractivity contribution in [3.8, 4) is 0 Å².